The van der Waals surface area contributed by atoms with Gasteiger partial charge in [0.25, 0.3) is 5.91 Å². The van der Waals surface area contributed by atoms with E-state index in [2.05, 4.69) is 5.32 Å². The van der Waals surface area contributed by atoms with Crippen molar-refractivity contribution >= 4 is 29.2 Å². The number of hydrogen-bond donors (Lipinski definition) is 3. The molecule has 108 valence electrons. The van der Waals surface area contributed by atoms with E-state index in [4.69, 9.17) is 16.7 Å². The highest BCUT2D eigenvalue weighted by Crippen LogP contribution is 2.24. The fourth-order valence-corrected chi connectivity index (χ4v) is 1.96. The first-order chi connectivity index (χ1) is 9.88. The highest BCUT2D eigenvalue weighted by atomic mass is 35.5. The van der Waals surface area contributed by atoms with Crippen LogP contribution in [0.4, 0.5) is 5.69 Å². The van der Waals surface area contributed by atoms with Crippen molar-refractivity contribution in [3.05, 3.63) is 58.1 Å². The van der Waals surface area contributed by atoms with Gasteiger partial charge in [-0.15, -0.1) is 0 Å². The number of anilines is 1. The Bertz CT molecular complexity index is 728. The second-order valence-electron chi connectivity index (χ2n) is 4.46. The zero-order valence-corrected chi connectivity index (χ0v) is 11.8. The summed E-state index contributed by atoms with van der Waals surface area (Å²) in [7, 11) is 0. The van der Waals surface area contributed by atoms with E-state index >= 15 is 0 Å². The van der Waals surface area contributed by atoms with Crippen LogP contribution in [0.25, 0.3) is 0 Å². The van der Waals surface area contributed by atoms with Crippen LogP contribution in [0.2, 0.25) is 5.02 Å². The van der Waals surface area contributed by atoms with Crippen LogP contribution < -0.4 is 5.32 Å². The smallest absolute Gasteiger partial charge is 0.335 e. The molecule has 2 aromatic rings. The van der Waals surface area contributed by atoms with Gasteiger partial charge in [0, 0.05) is 11.3 Å². The van der Waals surface area contributed by atoms with Gasteiger partial charge in [0.1, 0.15) is 5.75 Å². The number of amides is 1. The van der Waals surface area contributed by atoms with Gasteiger partial charge in [-0.3, -0.25) is 4.79 Å². The molecule has 1 amide bonds. The molecular weight excluding hydrogens is 294 g/mol. The predicted octanol–water partition coefficient (Wildman–Crippen LogP) is 3.30. The lowest BCUT2D eigenvalue weighted by Gasteiger charge is -2.09. The molecule has 0 saturated carbocycles. The third kappa shape index (κ3) is 3.32. The van der Waals surface area contributed by atoms with Crippen LogP contribution >= 0.6 is 11.6 Å². The molecule has 0 fully saturated rings. The normalized spacial score (nSPS) is 10.2. The topological polar surface area (TPSA) is 86.6 Å². The molecule has 0 heterocycles. The number of phenols is 1. The zero-order chi connectivity index (χ0) is 15.6. The standard InChI is InChI=1S/C15H12ClNO4/c1-8-6-10(15(20)21)2-4-12(8)17-14(19)9-3-5-13(18)11(16)7-9/h2-7,18H,1H3,(H,17,19)(H,20,21). The van der Waals surface area contributed by atoms with Crippen molar-refractivity contribution in [1.29, 1.82) is 0 Å². The van der Waals surface area contributed by atoms with Gasteiger partial charge in [-0.05, 0) is 48.9 Å². The Labute approximate surface area is 125 Å². The number of carbonyl (C=O) groups excluding carboxylic acids is 1. The largest absolute Gasteiger partial charge is 0.506 e. The Kier molecular flexibility index (Phi) is 4.14. The molecular formula is C15H12ClNO4. The number of phenolic OH excluding ortho intramolecular Hbond substituents is 1. The maximum absolute atomic E-state index is 12.1. The molecule has 0 unspecified atom stereocenters. The summed E-state index contributed by atoms with van der Waals surface area (Å²) in [4.78, 5) is 22.9. The maximum atomic E-state index is 12.1. The Hall–Kier alpha value is -2.53. The molecule has 3 N–H and O–H groups in total. The molecule has 0 spiro atoms. The summed E-state index contributed by atoms with van der Waals surface area (Å²) >= 11 is 5.75. The first-order valence-electron chi connectivity index (χ1n) is 6.02. The number of hydrogen-bond acceptors (Lipinski definition) is 3. The van der Waals surface area contributed by atoms with E-state index in [1.165, 1.54) is 36.4 Å². The van der Waals surface area contributed by atoms with E-state index in [0.29, 0.717) is 16.8 Å². The number of carbonyl (C=O) groups is 2. The Morgan fingerprint density at radius 2 is 1.76 bits per heavy atom. The van der Waals surface area contributed by atoms with Crippen LogP contribution in [0.1, 0.15) is 26.3 Å². The molecule has 6 heteroatoms. The number of aromatic hydroxyl groups is 1. The molecule has 2 aromatic carbocycles. The number of aromatic carboxylic acids is 1. The van der Waals surface area contributed by atoms with E-state index < -0.39 is 11.9 Å². The third-order valence-corrected chi connectivity index (χ3v) is 3.23. The highest BCUT2D eigenvalue weighted by molar-refractivity contribution is 6.32. The van der Waals surface area contributed by atoms with Crippen molar-refractivity contribution in [2.75, 3.05) is 5.32 Å². The summed E-state index contributed by atoms with van der Waals surface area (Å²) in [5.74, 6) is -1.53. The summed E-state index contributed by atoms with van der Waals surface area (Å²) in [5, 5.41) is 21.0. The van der Waals surface area contributed by atoms with E-state index in [9.17, 15) is 14.7 Å². The molecule has 0 aliphatic heterocycles. The highest BCUT2D eigenvalue weighted by Gasteiger charge is 2.11. The fraction of sp³-hybridized carbons (Fsp3) is 0.0667. The number of benzene rings is 2. The second kappa shape index (κ2) is 5.85. The Morgan fingerprint density at radius 1 is 1.10 bits per heavy atom. The summed E-state index contributed by atoms with van der Waals surface area (Å²) < 4.78 is 0. The molecule has 0 bridgehead atoms. The number of halogens is 1. The minimum absolute atomic E-state index is 0.0839. The first-order valence-corrected chi connectivity index (χ1v) is 6.40. The third-order valence-electron chi connectivity index (χ3n) is 2.93. The van der Waals surface area contributed by atoms with E-state index in [1.807, 2.05) is 0 Å². The van der Waals surface area contributed by atoms with Gasteiger partial charge in [0.15, 0.2) is 0 Å². The van der Waals surface area contributed by atoms with Gasteiger partial charge in [-0.2, -0.15) is 0 Å². The van der Waals surface area contributed by atoms with Gasteiger partial charge < -0.3 is 15.5 Å². The second-order valence-corrected chi connectivity index (χ2v) is 4.86. The number of carboxylic acid groups (broad SMARTS) is 1. The van der Waals surface area contributed by atoms with Gasteiger partial charge in [0.05, 0.1) is 10.6 Å². The average Bonchev–Trinajstić information content (AvgIpc) is 2.43. The lowest BCUT2D eigenvalue weighted by molar-refractivity contribution is 0.0696. The zero-order valence-electron chi connectivity index (χ0n) is 11.1. The fourth-order valence-electron chi connectivity index (χ4n) is 1.78. The molecule has 0 saturated heterocycles. The molecule has 0 aliphatic rings. The molecule has 0 aromatic heterocycles. The van der Waals surface area contributed by atoms with Crippen LogP contribution in [0.5, 0.6) is 5.75 Å². The van der Waals surface area contributed by atoms with Gasteiger partial charge >= 0.3 is 5.97 Å². The van der Waals surface area contributed by atoms with Crippen LogP contribution in [0, 0.1) is 6.92 Å². The molecule has 21 heavy (non-hydrogen) atoms. The van der Waals surface area contributed by atoms with Crippen molar-refractivity contribution in [3.8, 4) is 5.75 Å². The quantitative estimate of drug-likeness (QED) is 0.812. The van der Waals surface area contributed by atoms with Crippen LogP contribution in [-0.2, 0) is 0 Å². The first kappa shape index (κ1) is 14.9. The molecule has 5 nitrogen and oxygen atoms in total. The number of carboxylic acids is 1. The lowest BCUT2D eigenvalue weighted by Crippen LogP contribution is -2.13. The van der Waals surface area contributed by atoms with E-state index in [1.54, 1.807) is 6.92 Å². The molecule has 0 aliphatic carbocycles. The van der Waals surface area contributed by atoms with Gasteiger partial charge in [-0.1, -0.05) is 11.6 Å². The van der Waals surface area contributed by atoms with E-state index in [0.717, 1.165) is 0 Å². The van der Waals surface area contributed by atoms with E-state index in [-0.39, 0.29) is 16.3 Å². The van der Waals surface area contributed by atoms with Crippen molar-refractivity contribution in [1.82, 2.24) is 0 Å². The van der Waals surface area contributed by atoms with Crippen LogP contribution in [-0.4, -0.2) is 22.1 Å². The molecule has 2 rings (SSSR count). The number of aryl methyl sites for hydroxylation is 1. The minimum Gasteiger partial charge on any atom is -0.506 e. The Morgan fingerprint density at radius 3 is 2.33 bits per heavy atom. The molecule has 0 radical (unpaired) electrons. The molecule has 0 atom stereocenters. The number of nitrogens with one attached hydrogen (secondary N) is 1. The number of rotatable bonds is 3. The monoisotopic (exact) mass is 305 g/mol. The lowest BCUT2D eigenvalue weighted by atomic mass is 10.1. The van der Waals surface area contributed by atoms with Crippen LogP contribution in [0.15, 0.2) is 36.4 Å². The maximum Gasteiger partial charge on any atom is 0.335 e. The predicted molar refractivity (Wildman–Crippen MR) is 79.2 cm³/mol. The SMILES string of the molecule is Cc1cc(C(=O)O)ccc1NC(=O)c1ccc(O)c(Cl)c1. The summed E-state index contributed by atoms with van der Waals surface area (Å²) in [6.07, 6.45) is 0. The Balaban J connectivity index is 2.23. The van der Waals surface area contributed by atoms with Crippen molar-refractivity contribution in [3.63, 3.8) is 0 Å². The van der Waals surface area contributed by atoms with Crippen molar-refractivity contribution in [2.24, 2.45) is 0 Å². The van der Waals surface area contributed by atoms with Gasteiger partial charge in [0.2, 0.25) is 0 Å². The average molecular weight is 306 g/mol. The summed E-state index contributed by atoms with van der Waals surface area (Å²) in [5.41, 5.74) is 1.58. The van der Waals surface area contributed by atoms with Crippen molar-refractivity contribution in [2.45, 2.75) is 6.92 Å². The summed E-state index contributed by atoms with van der Waals surface area (Å²) in [6.45, 7) is 1.70. The summed E-state index contributed by atoms with van der Waals surface area (Å²) in [6, 6.07) is 8.54. The minimum atomic E-state index is -1.03. The van der Waals surface area contributed by atoms with Crippen LogP contribution in [0.3, 0.4) is 0 Å². The van der Waals surface area contributed by atoms with Gasteiger partial charge in [-0.25, -0.2) is 4.79 Å². The van der Waals surface area contributed by atoms with Crippen molar-refractivity contribution < 1.29 is 19.8 Å².